The lowest BCUT2D eigenvalue weighted by atomic mass is 10.3. The standard InChI is InChI=1S/C12H13NO4S3/c1-7-5-10(19-11(7)12(14)15)20(16,17)13-6-9-4-3-8(2)18-9/h3-5,13H,6H2,1-2H3,(H,14,15). The molecule has 0 aliphatic heterocycles. The molecule has 5 nitrogen and oxygen atoms in total. The highest BCUT2D eigenvalue weighted by Crippen LogP contribution is 2.26. The predicted molar refractivity (Wildman–Crippen MR) is 79.1 cm³/mol. The highest BCUT2D eigenvalue weighted by molar-refractivity contribution is 7.91. The molecule has 0 aliphatic carbocycles. The quantitative estimate of drug-likeness (QED) is 0.882. The number of aryl methyl sites for hydroxylation is 2. The molecule has 2 aromatic heterocycles. The van der Waals surface area contributed by atoms with E-state index in [9.17, 15) is 13.2 Å². The van der Waals surface area contributed by atoms with Crippen molar-refractivity contribution in [3.05, 3.63) is 38.4 Å². The van der Waals surface area contributed by atoms with Crippen LogP contribution in [0.25, 0.3) is 0 Å². The predicted octanol–water partition coefficient (Wildman–Crippen LogP) is 2.60. The summed E-state index contributed by atoms with van der Waals surface area (Å²) in [5.41, 5.74) is 0.454. The molecule has 8 heteroatoms. The molecule has 2 aromatic rings. The van der Waals surface area contributed by atoms with E-state index in [0.717, 1.165) is 21.1 Å². The van der Waals surface area contributed by atoms with E-state index in [1.54, 1.807) is 6.92 Å². The lowest BCUT2D eigenvalue weighted by molar-refractivity contribution is 0.0701. The average Bonchev–Trinajstić information content (AvgIpc) is 2.93. The zero-order chi connectivity index (χ0) is 14.9. The van der Waals surface area contributed by atoms with Gasteiger partial charge in [0.15, 0.2) is 0 Å². The summed E-state index contributed by atoms with van der Waals surface area (Å²) in [6.07, 6.45) is 0. The molecule has 0 radical (unpaired) electrons. The number of thiophene rings is 2. The molecule has 0 unspecified atom stereocenters. The zero-order valence-electron chi connectivity index (χ0n) is 10.8. The Morgan fingerprint density at radius 2 is 2.00 bits per heavy atom. The summed E-state index contributed by atoms with van der Waals surface area (Å²) in [5, 5.41) is 8.95. The first kappa shape index (κ1) is 15.2. The summed E-state index contributed by atoms with van der Waals surface area (Å²) >= 11 is 2.29. The largest absolute Gasteiger partial charge is 0.477 e. The molecule has 0 saturated carbocycles. The summed E-state index contributed by atoms with van der Waals surface area (Å²) in [7, 11) is -3.67. The second-order valence-corrected chi connectivity index (χ2v) is 8.64. The first-order valence-electron chi connectivity index (χ1n) is 5.68. The third kappa shape index (κ3) is 3.26. The second kappa shape index (κ2) is 5.65. The molecule has 0 spiro atoms. The van der Waals surface area contributed by atoms with Gasteiger partial charge in [-0.05, 0) is 37.6 Å². The van der Waals surface area contributed by atoms with Crippen molar-refractivity contribution >= 4 is 38.7 Å². The minimum atomic E-state index is -3.67. The minimum Gasteiger partial charge on any atom is -0.477 e. The SMILES string of the molecule is Cc1ccc(CNS(=O)(=O)c2cc(C)c(C(=O)O)s2)s1. The number of sulfonamides is 1. The summed E-state index contributed by atoms with van der Waals surface area (Å²) < 4.78 is 26.7. The number of aromatic carboxylic acids is 1. The second-order valence-electron chi connectivity index (χ2n) is 4.22. The highest BCUT2D eigenvalue weighted by atomic mass is 32.2. The van der Waals surface area contributed by atoms with Gasteiger partial charge in [-0.2, -0.15) is 0 Å². The van der Waals surface area contributed by atoms with Crippen LogP contribution in [0.5, 0.6) is 0 Å². The molecular formula is C12H13NO4S3. The van der Waals surface area contributed by atoms with Crippen molar-refractivity contribution in [2.45, 2.75) is 24.6 Å². The minimum absolute atomic E-state index is 0.0284. The molecule has 0 atom stereocenters. The van der Waals surface area contributed by atoms with Gasteiger partial charge in [-0.25, -0.2) is 17.9 Å². The number of hydrogen-bond donors (Lipinski definition) is 2. The first-order valence-corrected chi connectivity index (χ1v) is 8.80. The van der Waals surface area contributed by atoms with Crippen LogP contribution in [0.3, 0.4) is 0 Å². The van der Waals surface area contributed by atoms with Crippen molar-refractivity contribution in [3.8, 4) is 0 Å². The van der Waals surface area contributed by atoms with Gasteiger partial charge >= 0.3 is 5.97 Å². The van der Waals surface area contributed by atoms with Gasteiger partial charge in [0.1, 0.15) is 9.09 Å². The van der Waals surface area contributed by atoms with Crippen LogP contribution in [-0.2, 0) is 16.6 Å². The van der Waals surface area contributed by atoms with Gasteiger partial charge in [-0.3, -0.25) is 0 Å². The van der Waals surface area contributed by atoms with E-state index in [0.29, 0.717) is 5.56 Å². The Balaban J connectivity index is 2.18. The Bertz CT molecular complexity index is 743. The van der Waals surface area contributed by atoms with E-state index in [1.807, 2.05) is 19.1 Å². The van der Waals surface area contributed by atoms with E-state index in [2.05, 4.69) is 4.72 Å². The molecule has 0 bridgehead atoms. The Morgan fingerprint density at radius 3 is 2.50 bits per heavy atom. The van der Waals surface area contributed by atoms with Crippen molar-refractivity contribution in [1.82, 2.24) is 4.72 Å². The average molecular weight is 331 g/mol. The van der Waals surface area contributed by atoms with Gasteiger partial charge in [-0.15, -0.1) is 22.7 Å². The molecule has 2 heterocycles. The fraction of sp³-hybridized carbons (Fsp3) is 0.250. The van der Waals surface area contributed by atoms with Gasteiger partial charge < -0.3 is 5.11 Å². The van der Waals surface area contributed by atoms with Crippen LogP contribution >= 0.6 is 22.7 Å². The Kier molecular flexibility index (Phi) is 4.28. The van der Waals surface area contributed by atoms with Gasteiger partial charge in [-0.1, -0.05) is 0 Å². The lowest BCUT2D eigenvalue weighted by Gasteiger charge is -2.02. The van der Waals surface area contributed by atoms with Crippen molar-refractivity contribution in [1.29, 1.82) is 0 Å². The van der Waals surface area contributed by atoms with Crippen LogP contribution in [0.1, 0.15) is 25.0 Å². The summed E-state index contributed by atoms with van der Waals surface area (Å²) in [6, 6.07) is 5.17. The Hall–Kier alpha value is -1.22. The molecule has 0 saturated heterocycles. The van der Waals surface area contributed by atoms with E-state index >= 15 is 0 Å². The van der Waals surface area contributed by atoms with Crippen LogP contribution in [0, 0.1) is 13.8 Å². The van der Waals surface area contributed by atoms with E-state index in [1.165, 1.54) is 17.4 Å². The van der Waals surface area contributed by atoms with Crippen molar-refractivity contribution in [2.24, 2.45) is 0 Å². The smallest absolute Gasteiger partial charge is 0.346 e. The van der Waals surface area contributed by atoms with Gasteiger partial charge in [0, 0.05) is 16.3 Å². The molecule has 0 fully saturated rings. The maximum Gasteiger partial charge on any atom is 0.346 e. The monoisotopic (exact) mass is 331 g/mol. The third-order valence-electron chi connectivity index (χ3n) is 2.59. The number of nitrogens with one attached hydrogen (secondary N) is 1. The normalized spacial score (nSPS) is 11.7. The van der Waals surface area contributed by atoms with Crippen molar-refractivity contribution in [2.75, 3.05) is 0 Å². The van der Waals surface area contributed by atoms with E-state index in [4.69, 9.17) is 5.11 Å². The van der Waals surface area contributed by atoms with E-state index in [-0.39, 0.29) is 15.6 Å². The molecule has 2 rings (SSSR count). The number of carboxylic acid groups (broad SMARTS) is 1. The fourth-order valence-corrected chi connectivity index (χ4v) is 4.97. The number of rotatable bonds is 5. The number of hydrogen-bond acceptors (Lipinski definition) is 5. The molecule has 108 valence electrons. The highest BCUT2D eigenvalue weighted by Gasteiger charge is 2.21. The summed E-state index contributed by atoms with van der Waals surface area (Å²) in [6.45, 7) is 3.74. The number of carboxylic acids is 1. The van der Waals surface area contributed by atoms with Crippen LogP contribution < -0.4 is 4.72 Å². The molecular weight excluding hydrogens is 318 g/mol. The van der Waals surface area contributed by atoms with Crippen LogP contribution in [-0.4, -0.2) is 19.5 Å². The first-order chi connectivity index (χ1) is 9.29. The molecule has 0 aromatic carbocycles. The van der Waals surface area contributed by atoms with Crippen LogP contribution in [0.4, 0.5) is 0 Å². The topological polar surface area (TPSA) is 83.5 Å². The molecule has 2 N–H and O–H groups in total. The maximum atomic E-state index is 12.1. The zero-order valence-corrected chi connectivity index (χ0v) is 13.3. The lowest BCUT2D eigenvalue weighted by Crippen LogP contribution is -2.21. The van der Waals surface area contributed by atoms with Gasteiger partial charge in [0.25, 0.3) is 0 Å². The van der Waals surface area contributed by atoms with Crippen molar-refractivity contribution < 1.29 is 18.3 Å². The van der Waals surface area contributed by atoms with E-state index < -0.39 is 16.0 Å². The molecule has 0 aliphatic rings. The summed E-state index contributed by atoms with van der Waals surface area (Å²) in [5.74, 6) is -1.11. The Morgan fingerprint density at radius 1 is 1.30 bits per heavy atom. The van der Waals surface area contributed by atoms with Gasteiger partial charge in [0.2, 0.25) is 10.0 Å². The molecule has 20 heavy (non-hydrogen) atoms. The van der Waals surface area contributed by atoms with Gasteiger partial charge in [0.05, 0.1) is 0 Å². The fourth-order valence-electron chi connectivity index (χ4n) is 1.62. The maximum absolute atomic E-state index is 12.1. The summed E-state index contributed by atoms with van der Waals surface area (Å²) in [4.78, 5) is 13.0. The van der Waals surface area contributed by atoms with Crippen LogP contribution in [0.2, 0.25) is 0 Å². The van der Waals surface area contributed by atoms with Crippen molar-refractivity contribution in [3.63, 3.8) is 0 Å². The third-order valence-corrected chi connectivity index (χ3v) is 6.69. The molecule has 0 amide bonds. The Labute approximate surface area is 124 Å². The van der Waals surface area contributed by atoms with Crippen LogP contribution in [0.15, 0.2) is 22.4 Å². The number of carbonyl (C=O) groups is 1.